The first-order valence-corrected chi connectivity index (χ1v) is 15.5. The lowest BCUT2D eigenvalue weighted by atomic mass is 9.74. The molecule has 5 fully saturated rings. The molecule has 0 N–H and O–H groups in total. The van der Waals surface area contributed by atoms with Crippen LogP contribution in [-0.2, 0) is 9.59 Å². The number of carbonyl (C=O) groups excluding carboxylic acids is 2. The van der Waals surface area contributed by atoms with E-state index in [-0.39, 0.29) is 23.7 Å². The highest BCUT2D eigenvalue weighted by molar-refractivity contribution is 7.13. The second-order valence-corrected chi connectivity index (χ2v) is 12.9. The molecule has 7 rings (SSSR count). The second kappa shape index (κ2) is 10.6. The van der Waals surface area contributed by atoms with Crippen LogP contribution in [0.4, 0.5) is 5.82 Å². The van der Waals surface area contributed by atoms with Crippen molar-refractivity contribution in [2.45, 2.75) is 58.3 Å². The summed E-state index contributed by atoms with van der Waals surface area (Å²) in [7, 11) is 1.64. The number of rotatable bonds is 4. The highest BCUT2D eigenvalue weighted by atomic mass is 32.1. The molecule has 7 heteroatoms. The van der Waals surface area contributed by atoms with Crippen molar-refractivity contribution in [3.63, 3.8) is 0 Å². The topological polar surface area (TPSA) is 56.8 Å². The number of piperazine rings is 1. The number of carbonyl (C=O) groups is 2. The highest BCUT2D eigenvalue weighted by Crippen LogP contribution is 2.59. The lowest BCUT2D eigenvalue weighted by molar-refractivity contribution is -0.139. The SMILES string of the molecule is CCC1CC2C[C@@H]1[C@@H]1C(=O)N(C)C(=O)[C@H]21.c1ccc2c(N3CCN(CC4CCCCC4)CC3)nsc2c1. The van der Waals surface area contributed by atoms with Crippen LogP contribution in [-0.4, -0.2) is 65.8 Å². The van der Waals surface area contributed by atoms with Gasteiger partial charge in [-0.05, 0) is 73.0 Å². The molecule has 2 bridgehead atoms. The number of hydrogen-bond donors (Lipinski definition) is 0. The number of nitrogens with zero attached hydrogens (tertiary/aromatic N) is 4. The van der Waals surface area contributed by atoms with Crippen molar-refractivity contribution in [1.82, 2.24) is 14.2 Å². The second-order valence-electron chi connectivity index (χ2n) is 12.1. The fraction of sp³-hybridized carbons (Fsp3) is 0.700. The lowest BCUT2D eigenvalue weighted by Crippen LogP contribution is -2.48. The van der Waals surface area contributed by atoms with Gasteiger partial charge in [0.2, 0.25) is 11.8 Å². The van der Waals surface area contributed by atoms with Crippen LogP contribution in [0.1, 0.15) is 58.3 Å². The smallest absolute Gasteiger partial charge is 0.233 e. The average Bonchev–Trinajstić information content (AvgIpc) is 3.70. The van der Waals surface area contributed by atoms with Crippen molar-refractivity contribution in [2.24, 2.45) is 35.5 Å². The molecule has 2 saturated heterocycles. The Kier molecular flexibility index (Phi) is 7.28. The molecular weight excluding hydrogens is 480 g/mol. The maximum atomic E-state index is 12.0. The van der Waals surface area contributed by atoms with E-state index in [4.69, 9.17) is 4.37 Å². The largest absolute Gasteiger partial charge is 0.353 e. The zero-order valence-corrected chi connectivity index (χ0v) is 23.3. The molecule has 2 amide bonds. The molecular formula is C30H42N4O2S. The average molecular weight is 523 g/mol. The molecule has 37 heavy (non-hydrogen) atoms. The minimum absolute atomic E-state index is 0.0474. The predicted octanol–water partition coefficient (Wildman–Crippen LogP) is 5.28. The number of aromatic nitrogens is 1. The quantitative estimate of drug-likeness (QED) is 0.511. The molecule has 3 saturated carbocycles. The van der Waals surface area contributed by atoms with Gasteiger partial charge in [-0.25, -0.2) is 0 Å². The Morgan fingerprint density at radius 2 is 1.68 bits per heavy atom. The van der Waals surface area contributed by atoms with Gasteiger partial charge in [0.05, 0.1) is 16.5 Å². The minimum Gasteiger partial charge on any atom is -0.353 e. The van der Waals surface area contributed by atoms with Crippen molar-refractivity contribution in [2.75, 3.05) is 44.7 Å². The van der Waals surface area contributed by atoms with Crippen molar-refractivity contribution < 1.29 is 9.59 Å². The Hall–Kier alpha value is -1.99. The molecule has 200 valence electrons. The zero-order chi connectivity index (χ0) is 25.5. The molecule has 1 aromatic carbocycles. The van der Waals surface area contributed by atoms with Gasteiger partial charge in [-0.3, -0.25) is 19.4 Å². The Balaban J connectivity index is 0.000000146. The zero-order valence-electron chi connectivity index (χ0n) is 22.5. The summed E-state index contributed by atoms with van der Waals surface area (Å²) < 4.78 is 6.02. The van der Waals surface area contributed by atoms with Crippen LogP contribution in [0.3, 0.4) is 0 Å². The van der Waals surface area contributed by atoms with Crippen LogP contribution < -0.4 is 4.90 Å². The Morgan fingerprint density at radius 3 is 2.43 bits per heavy atom. The van der Waals surface area contributed by atoms with Crippen molar-refractivity contribution >= 4 is 39.3 Å². The maximum absolute atomic E-state index is 12.0. The fourth-order valence-electron chi connectivity index (χ4n) is 8.19. The van der Waals surface area contributed by atoms with Crippen LogP contribution in [0.2, 0.25) is 0 Å². The summed E-state index contributed by atoms with van der Waals surface area (Å²) in [5.74, 6) is 4.15. The van der Waals surface area contributed by atoms with Gasteiger partial charge in [0.25, 0.3) is 0 Å². The van der Waals surface area contributed by atoms with Gasteiger partial charge in [-0.2, -0.15) is 4.37 Å². The molecule has 6 nitrogen and oxygen atoms in total. The van der Waals surface area contributed by atoms with Gasteiger partial charge >= 0.3 is 0 Å². The lowest BCUT2D eigenvalue weighted by Gasteiger charge is -2.37. The molecule has 3 aliphatic carbocycles. The summed E-state index contributed by atoms with van der Waals surface area (Å²) in [5.41, 5.74) is 0. The van der Waals surface area contributed by atoms with Crippen LogP contribution in [0.5, 0.6) is 0 Å². The van der Waals surface area contributed by atoms with E-state index in [1.165, 1.54) is 79.0 Å². The number of anilines is 1. The van der Waals surface area contributed by atoms with Gasteiger partial charge in [0.15, 0.2) is 0 Å². The molecule has 2 aromatic rings. The summed E-state index contributed by atoms with van der Waals surface area (Å²) in [6.07, 6.45) is 10.7. The first kappa shape index (κ1) is 25.3. The third-order valence-electron chi connectivity index (χ3n) is 10.2. The molecule has 5 aliphatic rings. The maximum Gasteiger partial charge on any atom is 0.233 e. The van der Waals surface area contributed by atoms with E-state index in [9.17, 15) is 9.59 Å². The molecule has 3 heterocycles. The Bertz CT molecular complexity index is 1120. The standard InChI is InChI=1S/C18H25N3S.C12H17NO2/c1-2-6-15(7-3-1)14-20-10-12-21(13-11-20)18-16-8-4-5-9-17(16)22-19-18;1-3-6-4-7-5-8(6)10-9(7)11(14)13(2)12(10)15/h4-5,8-9,15H,1-3,6-7,10-14H2;6-10H,3-5H2,1-2H3/t;6?,7?,8-,9+,10-/m.0/s1. The summed E-state index contributed by atoms with van der Waals surface area (Å²) in [6, 6.07) is 8.62. The number of amides is 2. The fourth-order valence-corrected chi connectivity index (χ4v) is 8.99. The van der Waals surface area contributed by atoms with E-state index in [0.717, 1.165) is 31.8 Å². The minimum atomic E-state index is 0.0474. The summed E-state index contributed by atoms with van der Waals surface area (Å²) in [4.78, 5) is 30.4. The van der Waals surface area contributed by atoms with Crippen LogP contribution in [0.25, 0.3) is 10.1 Å². The van der Waals surface area contributed by atoms with Crippen molar-refractivity contribution in [3.8, 4) is 0 Å². The number of imide groups is 1. The van der Waals surface area contributed by atoms with Gasteiger partial charge in [-0.15, -0.1) is 0 Å². The summed E-state index contributed by atoms with van der Waals surface area (Å²) >= 11 is 1.63. The summed E-state index contributed by atoms with van der Waals surface area (Å²) in [5, 5.41) is 1.33. The normalized spacial score (nSPS) is 32.2. The van der Waals surface area contributed by atoms with Crippen LogP contribution in [0.15, 0.2) is 24.3 Å². The molecule has 2 aliphatic heterocycles. The molecule has 0 spiro atoms. The summed E-state index contributed by atoms with van der Waals surface area (Å²) in [6.45, 7) is 8.17. The molecule has 0 radical (unpaired) electrons. The molecule has 1 aromatic heterocycles. The van der Waals surface area contributed by atoms with E-state index in [2.05, 4.69) is 41.0 Å². The van der Waals surface area contributed by atoms with E-state index in [1.54, 1.807) is 18.6 Å². The first-order chi connectivity index (χ1) is 18.0. The first-order valence-electron chi connectivity index (χ1n) is 14.7. The predicted molar refractivity (Wildman–Crippen MR) is 150 cm³/mol. The third kappa shape index (κ3) is 4.71. The number of benzene rings is 1. The van der Waals surface area contributed by atoms with Crippen LogP contribution >= 0.6 is 11.5 Å². The van der Waals surface area contributed by atoms with Gasteiger partial charge in [-0.1, -0.05) is 44.7 Å². The van der Waals surface area contributed by atoms with E-state index in [1.807, 2.05) is 0 Å². The van der Waals surface area contributed by atoms with Gasteiger partial charge < -0.3 is 4.90 Å². The van der Waals surface area contributed by atoms with Crippen molar-refractivity contribution in [1.29, 1.82) is 0 Å². The van der Waals surface area contributed by atoms with E-state index < -0.39 is 0 Å². The Morgan fingerprint density at radius 1 is 0.946 bits per heavy atom. The van der Waals surface area contributed by atoms with Crippen LogP contribution in [0, 0.1) is 35.5 Å². The number of likely N-dealkylation sites (tertiary alicyclic amines) is 1. The monoisotopic (exact) mass is 522 g/mol. The number of hydrogen-bond acceptors (Lipinski definition) is 6. The number of fused-ring (bicyclic) bond motifs is 6. The van der Waals surface area contributed by atoms with E-state index >= 15 is 0 Å². The van der Waals surface area contributed by atoms with Gasteiger partial charge in [0, 0.05) is 45.2 Å². The highest BCUT2D eigenvalue weighted by Gasteiger charge is 2.62. The van der Waals surface area contributed by atoms with Crippen molar-refractivity contribution in [3.05, 3.63) is 24.3 Å². The Labute approximate surface area is 225 Å². The van der Waals surface area contributed by atoms with E-state index in [0.29, 0.717) is 17.8 Å². The third-order valence-corrected chi connectivity index (χ3v) is 11.0. The molecule has 5 atom stereocenters. The molecule has 2 unspecified atom stereocenters. The van der Waals surface area contributed by atoms with Gasteiger partial charge in [0.1, 0.15) is 5.82 Å².